The lowest BCUT2D eigenvalue weighted by molar-refractivity contribution is 0.0691. The Morgan fingerprint density at radius 1 is 1.63 bits per heavy atom. The number of hydrogen-bond donors (Lipinski definition) is 2. The zero-order valence-corrected chi connectivity index (χ0v) is 11.6. The average Bonchev–Trinajstić information content (AvgIpc) is 2.84. The summed E-state index contributed by atoms with van der Waals surface area (Å²) in [4.78, 5) is 14.9. The second-order valence-electron chi connectivity index (χ2n) is 4.19. The summed E-state index contributed by atoms with van der Waals surface area (Å²) in [6, 6.07) is -0.164. The molecule has 106 valence electrons. The third-order valence-corrected chi connectivity index (χ3v) is 5.08. The summed E-state index contributed by atoms with van der Waals surface area (Å²) < 4.78 is 23.7. The third kappa shape index (κ3) is 2.80. The second kappa shape index (κ2) is 5.32. The van der Waals surface area contributed by atoms with Crippen LogP contribution in [-0.4, -0.2) is 47.6 Å². The van der Waals surface area contributed by atoms with Crippen LogP contribution in [0.5, 0.6) is 0 Å². The highest BCUT2D eigenvalue weighted by molar-refractivity contribution is 7.53. The summed E-state index contributed by atoms with van der Waals surface area (Å²) in [5.41, 5.74) is -0.0425. The van der Waals surface area contributed by atoms with Crippen molar-refractivity contribution >= 4 is 19.5 Å². The standard InChI is InChI=1S/C10H16N3O5P/c1-17-19(16,18-2)6-7-3-4-11-10-12-8(9(14)15)5-13(7)10/h5,7H,3-4,6H2,1-2H3,(H,11,12)(H,14,15)/t7-/m1/s1. The maximum absolute atomic E-state index is 12.2. The molecule has 0 saturated heterocycles. The monoisotopic (exact) mass is 289 g/mol. The molecular weight excluding hydrogens is 273 g/mol. The Hall–Kier alpha value is -1.37. The van der Waals surface area contributed by atoms with E-state index in [4.69, 9.17) is 14.2 Å². The second-order valence-corrected chi connectivity index (χ2v) is 6.51. The van der Waals surface area contributed by atoms with Crippen molar-refractivity contribution in [2.75, 3.05) is 32.2 Å². The number of aromatic nitrogens is 2. The number of imidazole rings is 1. The summed E-state index contributed by atoms with van der Waals surface area (Å²) in [6.45, 7) is 0.633. The summed E-state index contributed by atoms with van der Waals surface area (Å²) in [5, 5.41) is 11.9. The minimum absolute atomic E-state index is 0.0425. The van der Waals surface area contributed by atoms with Crippen molar-refractivity contribution in [3.05, 3.63) is 11.9 Å². The van der Waals surface area contributed by atoms with Crippen molar-refractivity contribution < 1.29 is 23.5 Å². The summed E-state index contributed by atoms with van der Waals surface area (Å²) >= 11 is 0. The van der Waals surface area contributed by atoms with Crippen LogP contribution in [-0.2, 0) is 13.6 Å². The Morgan fingerprint density at radius 2 is 2.32 bits per heavy atom. The van der Waals surface area contributed by atoms with E-state index < -0.39 is 13.6 Å². The minimum atomic E-state index is -3.14. The van der Waals surface area contributed by atoms with Crippen LogP contribution in [0.1, 0.15) is 23.0 Å². The number of hydrogen-bond acceptors (Lipinski definition) is 6. The molecule has 0 amide bonds. The van der Waals surface area contributed by atoms with Gasteiger partial charge in [-0.25, -0.2) is 9.78 Å². The summed E-state index contributed by atoms with van der Waals surface area (Å²) in [5.74, 6) is -0.628. The molecule has 0 radical (unpaired) electrons. The fourth-order valence-electron chi connectivity index (χ4n) is 2.06. The number of fused-ring (bicyclic) bond motifs is 1. The van der Waals surface area contributed by atoms with Gasteiger partial charge in [-0.15, -0.1) is 0 Å². The zero-order chi connectivity index (χ0) is 14.0. The van der Waals surface area contributed by atoms with Gasteiger partial charge in [-0.2, -0.15) is 0 Å². The van der Waals surface area contributed by atoms with Crippen LogP contribution in [0.4, 0.5) is 5.95 Å². The van der Waals surface area contributed by atoms with Crippen LogP contribution in [0, 0.1) is 0 Å². The summed E-state index contributed by atoms with van der Waals surface area (Å²) in [7, 11) is -0.471. The fourth-order valence-corrected chi connectivity index (χ4v) is 3.38. The number of rotatable bonds is 5. The lowest BCUT2D eigenvalue weighted by Gasteiger charge is -2.27. The molecule has 0 spiro atoms. The van der Waals surface area contributed by atoms with E-state index in [1.807, 2.05) is 0 Å². The number of carboxylic acid groups (broad SMARTS) is 1. The Labute approximate surface area is 110 Å². The highest BCUT2D eigenvalue weighted by Crippen LogP contribution is 2.50. The van der Waals surface area contributed by atoms with Gasteiger partial charge in [-0.05, 0) is 6.42 Å². The van der Waals surface area contributed by atoms with Crippen LogP contribution >= 0.6 is 7.60 Å². The van der Waals surface area contributed by atoms with Crippen LogP contribution in [0.15, 0.2) is 6.20 Å². The number of anilines is 1. The van der Waals surface area contributed by atoms with E-state index in [1.54, 1.807) is 4.57 Å². The van der Waals surface area contributed by atoms with E-state index in [1.165, 1.54) is 20.4 Å². The summed E-state index contributed by atoms with van der Waals surface area (Å²) in [6.07, 6.45) is 2.31. The van der Waals surface area contributed by atoms with Crippen molar-refractivity contribution in [2.24, 2.45) is 0 Å². The first kappa shape index (κ1) is 14.0. The smallest absolute Gasteiger partial charge is 0.356 e. The molecule has 1 aliphatic rings. The van der Waals surface area contributed by atoms with E-state index in [0.29, 0.717) is 18.9 Å². The zero-order valence-electron chi connectivity index (χ0n) is 10.7. The van der Waals surface area contributed by atoms with Gasteiger partial charge in [-0.3, -0.25) is 4.57 Å². The molecule has 9 heteroatoms. The molecule has 0 saturated carbocycles. The van der Waals surface area contributed by atoms with E-state index in [9.17, 15) is 9.36 Å². The predicted molar refractivity (Wildman–Crippen MR) is 67.8 cm³/mol. The number of aromatic carboxylic acids is 1. The van der Waals surface area contributed by atoms with Crippen LogP contribution < -0.4 is 5.32 Å². The van der Waals surface area contributed by atoms with Gasteiger partial charge in [0.25, 0.3) is 0 Å². The first-order valence-electron chi connectivity index (χ1n) is 5.75. The molecule has 1 aromatic rings. The lowest BCUT2D eigenvalue weighted by Crippen LogP contribution is -2.25. The highest BCUT2D eigenvalue weighted by Gasteiger charge is 2.31. The van der Waals surface area contributed by atoms with E-state index >= 15 is 0 Å². The van der Waals surface area contributed by atoms with Crippen molar-refractivity contribution in [3.8, 4) is 0 Å². The largest absolute Gasteiger partial charge is 0.476 e. The molecule has 2 rings (SSSR count). The normalized spacial score (nSPS) is 18.7. The Balaban J connectivity index is 2.27. The molecule has 2 N–H and O–H groups in total. The van der Waals surface area contributed by atoms with Gasteiger partial charge in [-0.1, -0.05) is 0 Å². The first-order valence-corrected chi connectivity index (χ1v) is 7.48. The van der Waals surface area contributed by atoms with Crippen LogP contribution in [0.3, 0.4) is 0 Å². The lowest BCUT2D eigenvalue weighted by atomic mass is 10.2. The average molecular weight is 289 g/mol. The molecule has 8 nitrogen and oxygen atoms in total. The molecule has 0 aromatic carbocycles. The van der Waals surface area contributed by atoms with Crippen molar-refractivity contribution in [1.29, 1.82) is 0 Å². The van der Waals surface area contributed by atoms with Gasteiger partial charge >= 0.3 is 13.6 Å². The van der Waals surface area contributed by atoms with Gasteiger partial charge in [0.15, 0.2) is 5.69 Å². The Morgan fingerprint density at radius 3 is 2.89 bits per heavy atom. The van der Waals surface area contributed by atoms with Gasteiger partial charge < -0.3 is 24.0 Å². The molecule has 0 unspecified atom stereocenters. The molecule has 0 bridgehead atoms. The molecule has 0 fully saturated rings. The van der Waals surface area contributed by atoms with Gasteiger partial charge in [0.2, 0.25) is 5.95 Å². The van der Waals surface area contributed by atoms with Crippen molar-refractivity contribution in [2.45, 2.75) is 12.5 Å². The Bertz CT molecular complexity index is 521. The molecule has 19 heavy (non-hydrogen) atoms. The van der Waals surface area contributed by atoms with Gasteiger partial charge in [0, 0.05) is 33.0 Å². The maximum atomic E-state index is 12.2. The van der Waals surface area contributed by atoms with E-state index in [2.05, 4.69) is 10.3 Å². The van der Waals surface area contributed by atoms with Crippen molar-refractivity contribution in [3.63, 3.8) is 0 Å². The molecule has 1 aliphatic heterocycles. The maximum Gasteiger partial charge on any atom is 0.356 e. The van der Waals surface area contributed by atoms with E-state index in [0.717, 1.165) is 0 Å². The van der Waals surface area contributed by atoms with Crippen LogP contribution in [0.2, 0.25) is 0 Å². The SMILES string of the molecule is COP(=O)(C[C@H]1CCNc2nc(C(=O)O)cn21)OC. The Kier molecular flexibility index (Phi) is 3.93. The molecule has 0 aliphatic carbocycles. The first-order chi connectivity index (χ1) is 8.99. The number of nitrogens with one attached hydrogen (secondary N) is 1. The molecular formula is C10H16N3O5P. The number of carbonyl (C=O) groups is 1. The minimum Gasteiger partial charge on any atom is -0.476 e. The quantitative estimate of drug-likeness (QED) is 0.790. The molecule has 1 aromatic heterocycles. The highest BCUT2D eigenvalue weighted by atomic mass is 31.2. The fraction of sp³-hybridized carbons (Fsp3) is 0.600. The number of carboxylic acids is 1. The van der Waals surface area contributed by atoms with E-state index in [-0.39, 0.29) is 17.9 Å². The van der Waals surface area contributed by atoms with Crippen LogP contribution in [0.25, 0.3) is 0 Å². The molecule has 2 heterocycles. The van der Waals surface area contributed by atoms with Gasteiger partial charge in [0.05, 0.1) is 6.16 Å². The van der Waals surface area contributed by atoms with Crippen molar-refractivity contribution in [1.82, 2.24) is 9.55 Å². The van der Waals surface area contributed by atoms with Gasteiger partial charge in [0.1, 0.15) is 0 Å². The molecule has 1 atom stereocenters. The number of nitrogens with zero attached hydrogens (tertiary/aromatic N) is 2. The third-order valence-electron chi connectivity index (χ3n) is 3.10. The predicted octanol–water partition coefficient (Wildman–Crippen LogP) is 1.42. The topological polar surface area (TPSA) is 103 Å².